The average Bonchev–Trinajstić information content (AvgIpc) is 3.24. The molecule has 0 radical (unpaired) electrons. The van der Waals surface area contributed by atoms with Crippen molar-refractivity contribution in [3.8, 4) is 6.01 Å². The van der Waals surface area contributed by atoms with Gasteiger partial charge in [0.05, 0.1) is 10.9 Å². The van der Waals surface area contributed by atoms with E-state index in [9.17, 15) is 4.39 Å². The first-order valence-corrected chi connectivity index (χ1v) is 10.1. The summed E-state index contributed by atoms with van der Waals surface area (Å²) in [6.07, 6.45) is 6.19. The summed E-state index contributed by atoms with van der Waals surface area (Å²) in [6.45, 7) is 8.34. The zero-order valence-electron chi connectivity index (χ0n) is 15.8. The summed E-state index contributed by atoms with van der Waals surface area (Å²) in [5, 5.41) is 0.364. The Labute approximate surface area is 163 Å². The van der Waals surface area contributed by atoms with Crippen LogP contribution in [0.15, 0.2) is 6.20 Å². The molecule has 4 rings (SSSR count). The number of halogens is 2. The van der Waals surface area contributed by atoms with Gasteiger partial charge in [-0.2, -0.15) is 9.97 Å². The largest absolute Gasteiger partial charge is 0.461 e. The Morgan fingerprint density at radius 1 is 1.22 bits per heavy atom. The molecular weight excluding hydrogens is 369 g/mol. The first-order chi connectivity index (χ1) is 13.1. The predicted molar refractivity (Wildman–Crippen MR) is 104 cm³/mol. The van der Waals surface area contributed by atoms with Crippen molar-refractivity contribution in [2.24, 2.45) is 0 Å². The third kappa shape index (κ3) is 3.21. The quantitative estimate of drug-likeness (QED) is 0.698. The van der Waals surface area contributed by atoms with Crippen molar-refractivity contribution < 1.29 is 9.13 Å². The number of hydrogen-bond acceptors (Lipinski definition) is 6. The van der Waals surface area contributed by atoms with Crippen LogP contribution in [0.1, 0.15) is 39.5 Å². The van der Waals surface area contributed by atoms with Crippen molar-refractivity contribution in [3.63, 3.8) is 0 Å². The fraction of sp³-hybridized carbons (Fsp3) is 0.632. The van der Waals surface area contributed by atoms with Gasteiger partial charge in [-0.1, -0.05) is 11.6 Å². The summed E-state index contributed by atoms with van der Waals surface area (Å²) in [4.78, 5) is 17.4. The fourth-order valence-corrected chi connectivity index (χ4v) is 4.63. The Hall–Kier alpha value is -1.73. The molecule has 0 amide bonds. The highest BCUT2D eigenvalue weighted by Gasteiger charge is 2.45. The zero-order valence-corrected chi connectivity index (χ0v) is 16.6. The number of pyridine rings is 1. The minimum Gasteiger partial charge on any atom is -0.461 e. The van der Waals surface area contributed by atoms with E-state index in [2.05, 4.69) is 19.9 Å². The van der Waals surface area contributed by atoms with Gasteiger partial charge in [0.2, 0.25) is 0 Å². The van der Waals surface area contributed by atoms with Gasteiger partial charge in [-0.3, -0.25) is 4.90 Å². The number of fused-ring (bicyclic) bond motifs is 2. The maximum atomic E-state index is 14.6. The molecule has 4 heterocycles. The minimum atomic E-state index is -0.628. The molecule has 2 saturated heterocycles. The molecule has 2 fully saturated rings. The third-order valence-electron chi connectivity index (χ3n) is 5.95. The first-order valence-electron chi connectivity index (χ1n) is 9.72. The van der Waals surface area contributed by atoms with E-state index in [4.69, 9.17) is 16.3 Å². The van der Waals surface area contributed by atoms with Crippen molar-refractivity contribution in [2.75, 3.05) is 37.7 Å². The molecule has 0 aliphatic carbocycles. The number of aromatic nitrogens is 3. The molecule has 0 aromatic carbocycles. The highest BCUT2D eigenvalue weighted by atomic mass is 35.5. The Balaban J connectivity index is 1.71. The van der Waals surface area contributed by atoms with Gasteiger partial charge in [0.15, 0.2) is 11.0 Å². The number of rotatable bonds is 6. The molecule has 0 N–H and O–H groups in total. The lowest BCUT2D eigenvalue weighted by Gasteiger charge is -2.31. The van der Waals surface area contributed by atoms with Crippen molar-refractivity contribution >= 4 is 28.3 Å². The van der Waals surface area contributed by atoms with Crippen molar-refractivity contribution in [1.29, 1.82) is 0 Å². The number of anilines is 1. The molecular formula is C19H25ClFN5O. The molecule has 2 aromatic heterocycles. The molecule has 0 unspecified atom stereocenters. The molecule has 0 saturated carbocycles. The van der Waals surface area contributed by atoms with E-state index < -0.39 is 5.82 Å². The van der Waals surface area contributed by atoms with Crippen LogP contribution in [0.25, 0.3) is 10.9 Å². The van der Waals surface area contributed by atoms with Crippen molar-refractivity contribution in [2.45, 2.75) is 45.1 Å². The lowest BCUT2D eigenvalue weighted by Crippen LogP contribution is -2.43. The van der Waals surface area contributed by atoms with E-state index in [1.54, 1.807) is 0 Å². The van der Waals surface area contributed by atoms with E-state index in [1.807, 2.05) is 18.7 Å². The van der Waals surface area contributed by atoms with E-state index in [-0.39, 0.29) is 22.2 Å². The van der Waals surface area contributed by atoms with Gasteiger partial charge in [-0.05, 0) is 52.6 Å². The number of hydrogen-bond donors (Lipinski definition) is 0. The summed E-state index contributed by atoms with van der Waals surface area (Å²) in [7, 11) is 0. The molecule has 2 aliphatic rings. The van der Waals surface area contributed by atoms with Crippen molar-refractivity contribution in [3.05, 3.63) is 17.2 Å². The maximum absolute atomic E-state index is 14.6. The van der Waals surface area contributed by atoms with Gasteiger partial charge < -0.3 is 9.64 Å². The van der Waals surface area contributed by atoms with Gasteiger partial charge in [0, 0.05) is 19.3 Å². The monoisotopic (exact) mass is 393 g/mol. The molecule has 2 aromatic rings. The Kier molecular flexibility index (Phi) is 5.07. The van der Waals surface area contributed by atoms with Crippen LogP contribution in [-0.4, -0.2) is 58.2 Å². The van der Waals surface area contributed by atoms with Gasteiger partial charge >= 0.3 is 6.01 Å². The molecule has 0 spiro atoms. The van der Waals surface area contributed by atoms with Gasteiger partial charge in [0.25, 0.3) is 0 Å². The summed E-state index contributed by atoms with van der Waals surface area (Å²) < 4.78 is 20.7. The van der Waals surface area contributed by atoms with Gasteiger partial charge in [-0.15, -0.1) is 0 Å². The molecule has 6 nitrogen and oxygen atoms in total. The standard InChI is InChI=1S/C19H25ClFN5O/c1-3-25(4-2)17-13-11-22-16(20)14(21)15(13)23-18(24-17)27-12-19-7-5-9-26(19)10-6-8-19/h11H,3-10,12H2,1-2H3. The topological polar surface area (TPSA) is 54.4 Å². The number of nitrogens with zero attached hydrogens (tertiary/aromatic N) is 5. The normalized spacial score (nSPS) is 18.8. The number of ether oxygens (including phenoxy) is 1. The second kappa shape index (κ2) is 7.36. The van der Waals surface area contributed by atoms with Gasteiger partial charge in [0.1, 0.15) is 17.9 Å². The summed E-state index contributed by atoms with van der Waals surface area (Å²) in [6, 6.07) is 0.207. The summed E-state index contributed by atoms with van der Waals surface area (Å²) in [5.41, 5.74) is 0.247. The first kappa shape index (κ1) is 18.6. The Bertz CT molecular complexity index is 834. The molecule has 146 valence electrons. The van der Waals surface area contributed by atoms with Crippen LogP contribution < -0.4 is 9.64 Å². The SMILES string of the molecule is CCN(CC)c1nc(OCC23CCCN2CCC3)nc2c(F)c(Cl)ncc12. The highest BCUT2D eigenvalue weighted by molar-refractivity contribution is 6.30. The summed E-state index contributed by atoms with van der Waals surface area (Å²) in [5.74, 6) is 0.00612. The predicted octanol–water partition coefficient (Wildman–Crippen LogP) is 3.67. The van der Waals surface area contributed by atoms with E-state index in [1.165, 1.54) is 19.0 Å². The smallest absolute Gasteiger partial charge is 0.319 e. The molecule has 27 heavy (non-hydrogen) atoms. The second-order valence-corrected chi connectivity index (χ2v) is 7.69. The average molecular weight is 394 g/mol. The van der Waals surface area contributed by atoms with Gasteiger partial charge in [-0.25, -0.2) is 9.37 Å². The van der Waals surface area contributed by atoms with Crippen LogP contribution in [0, 0.1) is 5.82 Å². The zero-order chi connectivity index (χ0) is 19.0. The fourth-order valence-electron chi connectivity index (χ4n) is 4.49. The Morgan fingerprint density at radius 3 is 2.59 bits per heavy atom. The van der Waals surface area contributed by atoms with Crippen LogP contribution >= 0.6 is 11.6 Å². The van der Waals surface area contributed by atoms with Crippen LogP contribution in [-0.2, 0) is 0 Å². The van der Waals surface area contributed by atoms with Crippen molar-refractivity contribution in [1.82, 2.24) is 19.9 Å². The molecule has 0 bridgehead atoms. The van der Waals surface area contributed by atoms with Crippen LogP contribution in [0.5, 0.6) is 6.01 Å². The van der Waals surface area contributed by atoms with E-state index in [0.29, 0.717) is 17.8 Å². The maximum Gasteiger partial charge on any atom is 0.319 e. The lowest BCUT2D eigenvalue weighted by molar-refractivity contribution is 0.108. The van der Waals surface area contributed by atoms with E-state index >= 15 is 0 Å². The third-order valence-corrected chi connectivity index (χ3v) is 6.21. The van der Waals surface area contributed by atoms with Crippen LogP contribution in [0.2, 0.25) is 5.15 Å². The van der Waals surface area contributed by atoms with Crippen LogP contribution in [0.3, 0.4) is 0 Å². The van der Waals surface area contributed by atoms with E-state index in [0.717, 1.165) is 39.0 Å². The molecule has 2 aliphatic heterocycles. The Morgan fingerprint density at radius 2 is 1.93 bits per heavy atom. The molecule has 8 heteroatoms. The lowest BCUT2D eigenvalue weighted by atomic mass is 9.95. The summed E-state index contributed by atoms with van der Waals surface area (Å²) >= 11 is 5.88. The minimum absolute atomic E-state index is 0.0854. The molecule has 0 atom stereocenters. The second-order valence-electron chi connectivity index (χ2n) is 7.33. The van der Waals surface area contributed by atoms with Crippen LogP contribution in [0.4, 0.5) is 10.2 Å². The highest BCUT2D eigenvalue weighted by Crippen LogP contribution is 2.39.